The number of anilines is 1. The minimum absolute atomic E-state index is 0.0410. The molecule has 116 valence electrons. The van der Waals surface area contributed by atoms with Crippen LogP contribution in [-0.4, -0.2) is 30.0 Å². The Balaban J connectivity index is 2.56. The van der Waals surface area contributed by atoms with Crippen LogP contribution in [-0.2, 0) is 9.53 Å². The average Bonchev–Trinajstić information content (AvgIpc) is 2.46. The van der Waals surface area contributed by atoms with Crippen molar-refractivity contribution in [3.05, 3.63) is 28.2 Å². The van der Waals surface area contributed by atoms with Gasteiger partial charge in [0.15, 0.2) is 0 Å². The molecule has 1 aromatic carbocycles. The van der Waals surface area contributed by atoms with Crippen LogP contribution in [0, 0.1) is 0 Å². The van der Waals surface area contributed by atoms with Gasteiger partial charge in [-0.2, -0.15) is 11.8 Å². The van der Waals surface area contributed by atoms with E-state index in [-0.39, 0.29) is 11.9 Å². The van der Waals surface area contributed by atoms with E-state index < -0.39 is 0 Å². The molecule has 0 radical (unpaired) electrons. The lowest BCUT2D eigenvalue weighted by Crippen LogP contribution is -2.15. The first-order valence-electron chi connectivity index (χ1n) is 6.92. The number of hydrogen-bond donors (Lipinski definition) is 1. The number of thioether (sulfide) groups is 1. The second kappa shape index (κ2) is 9.84. The van der Waals surface area contributed by atoms with Gasteiger partial charge in [-0.05, 0) is 53.2 Å². The Morgan fingerprint density at radius 3 is 2.71 bits per heavy atom. The number of carbonyl (C=O) groups excluding carboxylic acids is 2. The molecule has 0 heterocycles. The molecule has 0 unspecified atom stereocenters. The number of amides is 1. The number of benzene rings is 1. The van der Waals surface area contributed by atoms with Crippen molar-refractivity contribution in [3.8, 4) is 0 Å². The zero-order chi connectivity index (χ0) is 15.7. The second-order valence-corrected chi connectivity index (χ2v) is 6.33. The molecule has 0 fully saturated rings. The summed E-state index contributed by atoms with van der Waals surface area (Å²) in [6.45, 7) is 4.23. The summed E-state index contributed by atoms with van der Waals surface area (Å²) in [5, 5.41) is 2.83. The molecule has 0 spiro atoms. The Labute approximate surface area is 138 Å². The largest absolute Gasteiger partial charge is 0.462 e. The van der Waals surface area contributed by atoms with Gasteiger partial charge in [0.2, 0.25) is 5.91 Å². The summed E-state index contributed by atoms with van der Waals surface area (Å²) in [5.41, 5.74) is 1.11. The third kappa shape index (κ3) is 6.52. The molecule has 0 aromatic heterocycles. The molecule has 0 aliphatic heterocycles. The Kier molecular flexibility index (Phi) is 8.45. The summed E-state index contributed by atoms with van der Waals surface area (Å²) in [5.74, 6) is 1.02. The molecule has 0 atom stereocenters. The fourth-order valence-electron chi connectivity index (χ4n) is 1.56. The number of hydrogen-bond acceptors (Lipinski definition) is 4. The van der Waals surface area contributed by atoms with E-state index in [9.17, 15) is 9.59 Å². The highest BCUT2D eigenvalue weighted by Crippen LogP contribution is 2.24. The lowest BCUT2D eigenvalue weighted by atomic mass is 10.2. The minimum Gasteiger partial charge on any atom is -0.462 e. The molecule has 0 aliphatic carbocycles. The Hall–Kier alpha value is -1.01. The fraction of sp³-hybridized carbons (Fsp3) is 0.467. The van der Waals surface area contributed by atoms with E-state index in [2.05, 4.69) is 28.2 Å². The first-order valence-corrected chi connectivity index (χ1v) is 8.87. The highest BCUT2D eigenvalue weighted by atomic mass is 79.9. The van der Waals surface area contributed by atoms with Gasteiger partial charge >= 0.3 is 5.97 Å². The van der Waals surface area contributed by atoms with E-state index in [1.54, 1.807) is 36.9 Å². The molecule has 1 N–H and O–H groups in total. The molecule has 1 aromatic rings. The molecule has 21 heavy (non-hydrogen) atoms. The molecule has 0 saturated carbocycles. The van der Waals surface area contributed by atoms with Crippen LogP contribution in [0.3, 0.4) is 0 Å². The zero-order valence-electron chi connectivity index (χ0n) is 12.3. The SMILES string of the molecule is CCCCSCC(=O)Nc1ccc(C(=O)OCC)cc1Br. The van der Waals surface area contributed by atoms with Crippen LogP contribution in [0.4, 0.5) is 5.69 Å². The van der Waals surface area contributed by atoms with Crippen LogP contribution in [0.2, 0.25) is 0 Å². The molecule has 4 nitrogen and oxygen atoms in total. The van der Waals surface area contributed by atoms with Gasteiger partial charge in [-0.1, -0.05) is 13.3 Å². The van der Waals surface area contributed by atoms with Crippen molar-refractivity contribution in [2.75, 3.05) is 23.4 Å². The lowest BCUT2D eigenvalue weighted by Gasteiger charge is -2.09. The lowest BCUT2D eigenvalue weighted by molar-refractivity contribution is -0.113. The van der Waals surface area contributed by atoms with E-state index in [1.165, 1.54) is 0 Å². The number of ether oxygens (including phenoxy) is 1. The van der Waals surface area contributed by atoms with Crippen LogP contribution >= 0.6 is 27.7 Å². The molecular formula is C15H20BrNO3S. The number of halogens is 1. The Morgan fingerprint density at radius 2 is 2.10 bits per heavy atom. The van der Waals surface area contributed by atoms with Crippen molar-refractivity contribution in [1.82, 2.24) is 0 Å². The van der Waals surface area contributed by atoms with E-state index in [4.69, 9.17) is 4.74 Å². The van der Waals surface area contributed by atoms with E-state index in [0.29, 0.717) is 28.1 Å². The highest BCUT2D eigenvalue weighted by molar-refractivity contribution is 9.10. The van der Waals surface area contributed by atoms with Crippen molar-refractivity contribution in [3.63, 3.8) is 0 Å². The molecule has 6 heteroatoms. The minimum atomic E-state index is -0.369. The predicted octanol–water partition coefficient (Wildman–Crippen LogP) is 4.10. The maximum atomic E-state index is 11.8. The second-order valence-electron chi connectivity index (χ2n) is 4.37. The molecule has 0 aliphatic rings. The monoisotopic (exact) mass is 373 g/mol. The quantitative estimate of drug-likeness (QED) is 0.550. The van der Waals surface area contributed by atoms with Gasteiger partial charge in [0.1, 0.15) is 0 Å². The van der Waals surface area contributed by atoms with E-state index >= 15 is 0 Å². The topological polar surface area (TPSA) is 55.4 Å². The van der Waals surface area contributed by atoms with Crippen LogP contribution < -0.4 is 5.32 Å². The van der Waals surface area contributed by atoms with Crippen molar-refractivity contribution >= 4 is 45.3 Å². The number of rotatable bonds is 8. The zero-order valence-corrected chi connectivity index (χ0v) is 14.7. The summed E-state index contributed by atoms with van der Waals surface area (Å²) in [6.07, 6.45) is 2.26. The molecule has 1 rings (SSSR count). The van der Waals surface area contributed by atoms with Gasteiger partial charge in [0.05, 0.1) is 23.6 Å². The summed E-state index contributed by atoms with van der Waals surface area (Å²) in [6, 6.07) is 4.99. The number of carbonyl (C=O) groups is 2. The van der Waals surface area contributed by atoms with Gasteiger partial charge in [0, 0.05) is 4.47 Å². The van der Waals surface area contributed by atoms with Gasteiger partial charge in [-0.15, -0.1) is 0 Å². The summed E-state index contributed by atoms with van der Waals surface area (Å²) >= 11 is 4.98. The van der Waals surface area contributed by atoms with Crippen molar-refractivity contribution < 1.29 is 14.3 Å². The van der Waals surface area contributed by atoms with Crippen LogP contribution in [0.5, 0.6) is 0 Å². The van der Waals surface area contributed by atoms with Crippen LogP contribution in [0.25, 0.3) is 0 Å². The number of nitrogens with one attached hydrogen (secondary N) is 1. The first-order chi connectivity index (χ1) is 10.1. The first kappa shape index (κ1) is 18.0. The van der Waals surface area contributed by atoms with Gasteiger partial charge in [0.25, 0.3) is 0 Å². The molecule has 0 saturated heterocycles. The smallest absolute Gasteiger partial charge is 0.338 e. The van der Waals surface area contributed by atoms with Gasteiger partial charge in [-0.3, -0.25) is 4.79 Å². The molecular weight excluding hydrogens is 354 g/mol. The van der Waals surface area contributed by atoms with Crippen LogP contribution in [0.1, 0.15) is 37.0 Å². The highest BCUT2D eigenvalue weighted by Gasteiger charge is 2.11. The maximum Gasteiger partial charge on any atom is 0.338 e. The van der Waals surface area contributed by atoms with Crippen LogP contribution in [0.15, 0.2) is 22.7 Å². The molecule has 1 amide bonds. The summed E-state index contributed by atoms with van der Waals surface area (Å²) in [7, 11) is 0. The van der Waals surface area contributed by atoms with Crippen molar-refractivity contribution in [2.24, 2.45) is 0 Å². The van der Waals surface area contributed by atoms with Gasteiger partial charge in [-0.25, -0.2) is 4.79 Å². The normalized spacial score (nSPS) is 10.2. The third-order valence-corrected chi connectivity index (χ3v) is 4.33. The van der Waals surface area contributed by atoms with Gasteiger partial charge < -0.3 is 10.1 Å². The maximum absolute atomic E-state index is 11.8. The fourth-order valence-corrected chi connectivity index (χ4v) is 2.93. The standard InChI is InChI=1S/C15H20BrNO3S/c1-3-5-8-21-10-14(18)17-13-7-6-11(9-12(13)16)15(19)20-4-2/h6-7,9H,3-5,8,10H2,1-2H3,(H,17,18). The number of unbranched alkanes of at least 4 members (excludes halogenated alkanes) is 1. The Bertz CT molecular complexity index is 494. The van der Waals surface area contributed by atoms with Crippen molar-refractivity contribution in [2.45, 2.75) is 26.7 Å². The summed E-state index contributed by atoms with van der Waals surface area (Å²) in [4.78, 5) is 23.4. The van der Waals surface area contributed by atoms with Crippen molar-refractivity contribution in [1.29, 1.82) is 0 Å². The third-order valence-electron chi connectivity index (χ3n) is 2.63. The number of esters is 1. The average molecular weight is 374 g/mol. The summed E-state index contributed by atoms with van der Waals surface area (Å²) < 4.78 is 5.60. The van der Waals surface area contributed by atoms with E-state index in [1.807, 2.05) is 0 Å². The Morgan fingerprint density at radius 1 is 1.33 bits per heavy atom. The molecule has 0 bridgehead atoms. The predicted molar refractivity (Wildman–Crippen MR) is 91.0 cm³/mol. The van der Waals surface area contributed by atoms with E-state index in [0.717, 1.165) is 18.6 Å².